The van der Waals surface area contributed by atoms with Gasteiger partial charge in [0.25, 0.3) is 11.6 Å². The zero-order valence-corrected chi connectivity index (χ0v) is 12.1. The van der Waals surface area contributed by atoms with Crippen LogP contribution in [0.5, 0.6) is 0 Å². The minimum absolute atomic E-state index is 0.0159. The molecule has 1 fully saturated rings. The number of nitro groups is 1. The van der Waals surface area contributed by atoms with Gasteiger partial charge in [-0.25, -0.2) is 0 Å². The summed E-state index contributed by atoms with van der Waals surface area (Å²) < 4.78 is 0. The molecule has 0 aromatic heterocycles. The molecule has 9 heteroatoms. The molecule has 0 aliphatic carbocycles. The standard InChI is InChI=1S/C12H10Cl2N2O5/c13-8-3-7(4-9(10(8)14)16(20)21)11(17)15-2-1-6(5-15)12(18)19/h3-4,6H,1-2,5H2,(H,18,19). The molecule has 1 atom stereocenters. The number of benzene rings is 1. The first-order valence-corrected chi connectivity index (χ1v) is 6.72. The average Bonchev–Trinajstić information content (AvgIpc) is 2.90. The third kappa shape index (κ3) is 3.08. The molecule has 1 N–H and O–H groups in total. The van der Waals surface area contributed by atoms with Crippen LogP contribution in [0.25, 0.3) is 0 Å². The van der Waals surface area contributed by atoms with Crippen molar-refractivity contribution in [2.24, 2.45) is 5.92 Å². The second-order valence-corrected chi connectivity index (χ2v) is 5.41. The van der Waals surface area contributed by atoms with Crippen molar-refractivity contribution in [3.05, 3.63) is 37.9 Å². The van der Waals surface area contributed by atoms with Crippen molar-refractivity contribution in [2.75, 3.05) is 13.1 Å². The molecule has 21 heavy (non-hydrogen) atoms. The molecular weight excluding hydrogens is 323 g/mol. The normalized spacial score (nSPS) is 17.8. The summed E-state index contributed by atoms with van der Waals surface area (Å²) in [6.07, 6.45) is 0.352. The van der Waals surface area contributed by atoms with Gasteiger partial charge in [0.2, 0.25) is 0 Å². The summed E-state index contributed by atoms with van der Waals surface area (Å²) in [6.45, 7) is 0.353. The van der Waals surface area contributed by atoms with E-state index in [1.165, 1.54) is 11.0 Å². The van der Waals surface area contributed by atoms with Crippen LogP contribution in [0, 0.1) is 16.0 Å². The van der Waals surface area contributed by atoms with Crippen molar-refractivity contribution < 1.29 is 19.6 Å². The number of amides is 1. The molecule has 0 spiro atoms. The molecule has 1 aliphatic heterocycles. The van der Waals surface area contributed by atoms with Gasteiger partial charge in [0.1, 0.15) is 5.02 Å². The fourth-order valence-corrected chi connectivity index (χ4v) is 2.55. The predicted molar refractivity (Wildman–Crippen MR) is 74.8 cm³/mol. The maximum atomic E-state index is 12.3. The quantitative estimate of drug-likeness (QED) is 0.676. The van der Waals surface area contributed by atoms with Crippen LogP contribution in [-0.2, 0) is 4.79 Å². The highest BCUT2D eigenvalue weighted by Gasteiger charge is 2.32. The van der Waals surface area contributed by atoms with Crippen LogP contribution < -0.4 is 0 Å². The van der Waals surface area contributed by atoms with Gasteiger partial charge in [0.15, 0.2) is 0 Å². The van der Waals surface area contributed by atoms with Gasteiger partial charge in [-0.2, -0.15) is 0 Å². The number of rotatable bonds is 3. The Morgan fingerprint density at radius 1 is 1.38 bits per heavy atom. The Bertz CT molecular complexity index is 634. The van der Waals surface area contributed by atoms with Gasteiger partial charge < -0.3 is 10.0 Å². The van der Waals surface area contributed by atoms with E-state index >= 15 is 0 Å². The molecule has 1 heterocycles. The largest absolute Gasteiger partial charge is 0.481 e. The first-order valence-electron chi connectivity index (χ1n) is 5.96. The monoisotopic (exact) mass is 332 g/mol. The van der Waals surface area contributed by atoms with Crippen molar-refractivity contribution >= 4 is 40.8 Å². The third-order valence-electron chi connectivity index (χ3n) is 3.28. The Balaban J connectivity index is 2.28. The van der Waals surface area contributed by atoms with Crippen LogP contribution in [-0.4, -0.2) is 39.9 Å². The number of hydrogen-bond donors (Lipinski definition) is 1. The smallest absolute Gasteiger partial charge is 0.308 e. The van der Waals surface area contributed by atoms with E-state index in [0.29, 0.717) is 6.42 Å². The summed E-state index contributed by atoms with van der Waals surface area (Å²) in [5.41, 5.74) is -0.441. The van der Waals surface area contributed by atoms with E-state index in [2.05, 4.69) is 0 Å². The van der Waals surface area contributed by atoms with E-state index in [1.54, 1.807) is 0 Å². The summed E-state index contributed by atoms with van der Waals surface area (Å²) in [7, 11) is 0. The number of likely N-dealkylation sites (tertiary alicyclic amines) is 1. The lowest BCUT2D eigenvalue weighted by Crippen LogP contribution is -2.30. The van der Waals surface area contributed by atoms with Gasteiger partial charge in [-0.3, -0.25) is 19.7 Å². The maximum Gasteiger partial charge on any atom is 0.308 e. The predicted octanol–water partition coefficient (Wildman–Crippen LogP) is 2.45. The molecule has 1 aliphatic rings. The highest BCUT2D eigenvalue weighted by Crippen LogP contribution is 2.33. The molecule has 0 saturated carbocycles. The number of carboxylic acid groups (broad SMARTS) is 1. The first kappa shape index (κ1) is 15.5. The van der Waals surface area contributed by atoms with Crippen molar-refractivity contribution in [3.8, 4) is 0 Å². The zero-order valence-electron chi connectivity index (χ0n) is 10.6. The van der Waals surface area contributed by atoms with E-state index in [1.807, 2.05) is 0 Å². The maximum absolute atomic E-state index is 12.3. The van der Waals surface area contributed by atoms with Crippen molar-refractivity contribution in [2.45, 2.75) is 6.42 Å². The van der Waals surface area contributed by atoms with Gasteiger partial charge in [-0.05, 0) is 12.5 Å². The van der Waals surface area contributed by atoms with Gasteiger partial charge >= 0.3 is 5.97 Å². The lowest BCUT2D eigenvalue weighted by Gasteiger charge is -2.16. The van der Waals surface area contributed by atoms with E-state index in [4.69, 9.17) is 28.3 Å². The second kappa shape index (κ2) is 5.87. The van der Waals surface area contributed by atoms with Gasteiger partial charge in [0, 0.05) is 24.7 Å². The van der Waals surface area contributed by atoms with Crippen LogP contribution >= 0.6 is 23.2 Å². The van der Waals surface area contributed by atoms with Gasteiger partial charge in [-0.1, -0.05) is 23.2 Å². The minimum atomic E-state index is -0.967. The Labute approximate surface area is 129 Å². The molecule has 1 aromatic rings. The van der Waals surface area contributed by atoms with Gasteiger partial charge in [0.05, 0.1) is 15.9 Å². The number of halogens is 2. The highest BCUT2D eigenvalue weighted by atomic mass is 35.5. The summed E-state index contributed by atoms with van der Waals surface area (Å²) in [4.78, 5) is 34.6. The topological polar surface area (TPSA) is 101 Å². The molecule has 7 nitrogen and oxygen atoms in total. The molecule has 1 unspecified atom stereocenters. The Morgan fingerprint density at radius 3 is 2.57 bits per heavy atom. The lowest BCUT2D eigenvalue weighted by atomic mass is 10.1. The zero-order chi connectivity index (χ0) is 15.7. The summed E-state index contributed by atoms with van der Waals surface area (Å²) in [6, 6.07) is 2.29. The van der Waals surface area contributed by atoms with Crippen molar-refractivity contribution in [1.82, 2.24) is 4.90 Å². The molecule has 112 valence electrons. The Morgan fingerprint density at radius 2 is 2.05 bits per heavy atom. The number of carbonyl (C=O) groups is 2. The molecule has 1 saturated heterocycles. The molecule has 1 amide bonds. The minimum Gasteiger partial charge on any atom is -0.481 e. The van der Waals surface area contributed by atoms with Crippen LogP contribution in [0.3, 0.4) is 0 Å². The molecular formula is C12H10Cl2N2O5. The molecule has 0 bridgehead atoms. The van der Waals surface area contributed by atoms with E-state index in [9.17, 15) is 19.7 Å². The average molecular weight is 333 g/mol. The van der Waals surface area contributed by atoms with E-state index in [0.717, 1.165) is 6.07 Å². The molecule has 1 aromatic carbocycles. The summed E-state index contributed by atoms with van der Waals surface area (Å²) in [5, 5.41) is 19.5. The Kier molecular flexibility index (Phi) is 4.34. The van der Waals surface area contributed by atoms with E-state index in [-0.39, 0.29) is 28.7 Å². The number of nitrogens with zero attached hydrogens (tertiary/aromatic N) is 2. The first-order chi connectivity index (χ1) is 9.81. The fraction of sp³-hybridized carbons (Fsp3) is 0.333. The van der Waals surface area contributed by atoms with Crippen molar-refractivity contribution in [3.63, 3.8) is 0 Å². The number of nitro benzene ring substituents is 1. The summed E-state index contributed by atoms with van der Waals surface area (Å²) in [5.74, 6) is -2.09. The number of aliphatic carboxylic acids is 1. The van der Waals surface area contributed by atoms with Crippen LogP contribution in [0.1, 0.15) is 16.8 Å². The van der Waals surface area contributed by atoms with Crippen LogP contribution in [0.15, 0.2) is 12.1 Å². The molecule has 2 rings (SSSR count). The van der Waals surface area contributed by atoms with Crippen LogP contribution in [0.2, 0.25) is 10.0 Å². The van der Waals surface area contributed by atoms with Crippen LogP contribution in [0.4, 0.5) is 5.69 Å². The number of carbonyl (C=O) groups excluding carboxylic acids is 1. The third-order valence-corrected chi connectivity index (χ3v) is 4.07. The second-order valence-electron chi connectivity index (χ2n) is 4.62. The highest BCUT2D eigenvalue weighted by molar-refractivity contribution is 6.43. The fourth-order valence-electron chi connectivity index (χ4n) is 2.16. The number of carboxylic acids is 1. The number of hydrogen-bond acceptors (Lipinski definition) is 4. The molecule has 0 radical (unpaired) electrons. The lowest BCUT2D eigenvalue weighted by molar-refractivity contribution is -0.384. The van der Waals surface area contributed by atoms with Gasteiger partial charge in [-0.15, -0.1) is 0 Å². The Hall–Kier alpha value is -1.86. The SMILES string of the molecule is O=C(O)C1CCN(C(=O)c2cc(Cl)c(Cl)c([N+](=O)[O-])c2)C1. The summed E-state index contributed by atoms with van der Waals surface area (Å²) >= 11 is 11.5. The van der Waals surface area contributed by atoms with E-state index < -0.39 is 28.4 Å². The van der Waals surface area contributed by atoms with Crippen molar-refractivity contribution in [1.29, 1.82) is 0 Å².